The molecule has 1 aliphatic rings. The van der Waals surface area contributed by atoms with E-state index < -0.39 is 4.75 Å². The van der Waals surface area contributed by atoms with Gasteiger partial charge in [-0.05, 0) is 20.8 Å². The number of aliphatic hydroxyl groups is 1. The quantitative estimate of drug-likeness (QED) is 0.712. The minimum absolute atomic E-state index is 0.0884. The van der Waals surface area contributed by atoms with Crippen LogP contribution in [-0.2, 0) is 4.79 Å². The summed E-state index contributed by atoms with van der Waals surface area (Å²) in [6.07, 6.45) is 7.05. The molecule has 1 aliphatic heterocycles. The molecule has 2 nitrogen and oxygen atoms in total. The lowest BCUT2D eigenvalue weighted by molar-refractivity contribution is -0.106. The Hall–Kier alpha value is -0.960. The first-order chi connectivity index (χ1) is 6.48. The summed E-state index contributed by atoms with van der Waals surface area (Å²) in [4.78, 5) is 11.1. The average Bonchev–Trinajstić information content (AvgIpc) is 2.25. The molecule has 0 radical (unpaired) electrons. The summed E-state index contributed by atoms with van der Waals surface area (Å²) in [6.45, 7) is 5.71. The zero-order chi connectivity index (χ0) is 10.8. The standard InChI is InChI=1S/C11H14O2S/c1-4-5-8(2)7-11(3)9(12)6-10(13)14-11/h4-7,12H,1-3H3/b5-4+,8-7+/t11-/m1/s1. The van der Waals surface area contributed by atoms with Crippen LogP contribution < -0.4 is 0 Å². The van der Waals surface area contributed by atoms with Gasteiger partial charge in [0.25, 0.3) is 0 Å². The highest BCUT2D eigenvalue weighted by atomic mass is 32.2. The maximum atomic E-state index is 11.1. The lowest BCUT2D eigenvalue weighted by Gasteiger charge is -2.18. The summed E-state index contributed by atoms with van der Waals surface area (Å²) in [5, 5.41) is 9.50. The second-order valence-electron chi connectivity index (χ2n) is 3.45. The SMILES string of the molecule is C/C=C/C(C)=C/[C@@]1(C)SC(=O)C=C1O. The molecular formula is C11H14O2S. The van der Waals surface area contributed by atoms with E-state index in [1.54, 1.807) is 0 Å². The number of carbonyl (C=O) groups excluding carboxylic acids is 1. The molecule has 0 amide bonds. The van der Waals surface area contributed by atoms with Crippen LogP contribution in [0, 0.1) is 0 Å². The molecular weight excluding hydrogens is 196 g/mol. The smallest absolute Gasteiger partial charge is 0.216 e. The molecule has 0 spiro atoms. The van der Waals surface area contributed by atoms with Gasteiger partial charge in [-0.2, -0.15) is 0 Å². The van der Waals surface area contributed by atoms with Gasteiger partial charge in [-0.15, -0.1) is 0 Å². The van der Waals surface area contributed by atoms with E-state index >= 15 is 0 Å². The van der Waals surface area contributed by atoms with Crippen molar-refractivity contribution in [2.45, 2.75) is 25.5 Å². The lowest BCUT2D eigenvalue weighted by Crippen LogP contribution is -2.17. The summed E-state index contributed by atoms with van der Waals surface area (Å²) >= 11 is 1.14. The van der Waals surface area contributed by atoms with Crippen LogP contribution in [0.1, 0.15) is 20.8 Å². The predicted molar refractivity (Wildman–Crippen MR) is 60.3 cm³/mol. The van der Waals surface area contributed by atoms with Crippen molar-refractivity contribution in [2.24, 2.45) is 0 Å². The van der Waals surface area contributed by atoms with Gasteiger partial charge in [0.1, 0.15) is 5.76 Å². The predicted octanol–water partition coefficient (Wildman–Crippen LogP) is 2.98. The zero-order valence-corrected chi connectivity index (χ0v) is 9.39. The Morgan fingerprint density at radius 3 is 2.71 bits per heavy atom. The summed E-state index contributed by atoms with van der Waals surface area (Å²) < 4.78 is -0.583. The summed E-state index contributed by atoms with van der Waals surface area (Å²) in [6, 6.07) is 0. The second kappa shape index (κ2) is 4.05. The lowest BCUT2D eigenvalue weighted by atomic mass is 10.0. The van der Waals surface area contributed by atoms with Gasteiger partial charge in [0.15, 0.2) is 0 Å². The number of aliphatic hydroxyl groups excluding tert-OH is 1. The highest BCUT2D eigenvalue weighted by Crippen LogP contribution is 2.40. The van der Waals surface area contributed by atoms with Crippen molar-refractivity contribution >= 4 is 16.9 Å². The fraction of sp³-hybridized carbons (Fsp3) is 0.364. The number of allylic oxidation sites excluding steroid dienone is 3. The van der Waals surface area contributed by atoms with Gasteiger partial charge in [-0.25, -0.2) is 0 Å². The summed E-state index contributed by atoms with van der Waals surface area (Å²) in [7, 11) is 0. The molecule has 0 aliphatic carbocycles. The van der Waals surface area contributed by atoms with Crippen LogP contribution >= 0.6 is 11.8 Å². The summed E-state index contributed by atoms with van der Waals surface area (Å²) in [5.74, 6) is 0.136. The molecule has 0 aromatic carbocycles. The van der Waals surface area contributed by atoms with E-state index in [-0.39, 0.29) is 10.9 Å². The number of hydrogen-bond donors (Lipinski definition) is 1. The van der Waals surface area contributed by atoms with Gasteiger partial charge >= 0.3 is 0 Å². The molecule has 0 unspecified atom stereocenters. The Bertz CT molecular complexity index is 339. The minimum Gasteiger partial charge on any atom is -0.510 e. The molecule has 1 rings (SSSR count). The van der Waals surface area contributed by atoms with Crippen LogP contribution in [0.5, 0.6) is 0 Å². The zero-order valence-electron chi connectivity index (χ0n) is 8.57. The Morgan fingerprint density at radius 1 is 1.64 bits per heavy atom. The van der Waals surface area contributed by atoms with Gasteiger partial charge < -0.3 is 5.11 Å². The number of hydrogen-bond acceptors (Lipinski definition) is 3. The number of rotatable bonds is 2. The van der Waals surface area contributed by atoms with Crippen molar-refractivity contribution in [3.05, 3.63) is 35.6 Å². The van der Waals surface area contributed by atoms with Crippen LogP contribution in [0.3, 0.4) is 0 Å². The van der Waals surface area contributed by atoms with Crippen molar-refractivity contribution in [1.82, 2.24) is 0 Å². The van der Waals surface area contributed by atoms with E-state index in [1.165, 1.54) is 6.08 Å². The van der Waals surface area contributed by atoms with Crippen molar-refractivity contribution in [2.75, 3.05) is 0 Å². The van der Waals surface area contributed by atoms with Gasteiger partial charge in [0, 0.05) is 6.08 Å². The second-order valence-corrected chi connectivity index (χ2v) is 4.90. The average molecular weight is 210 g/mol. The third-order valence-electron chi connectivity index (χ3n) is 2.01. The van der Waals surface area contributed by atoms with E-state index in [1.807, 2.05) is 39.0 Å². The Morgan fingerprint density at radius 2 is 2.29 bits per heavy atom. The highest BCUT2D eigenvalue weighted by molar-refractivity contribution is 8.15. The van der Waals surface area contributed by atoms with E-state index in [9.17, 15) is 9.90 Å². The first-order valence-electron chi connectivity index (χ1n) is 4.44. The molecule has 1 N–H and O–H groups in total. The third kappa shape index (κ3) is 2.29. The molecule has 0 fully saturated rings. The Kier molecular flexibility index (Phi) is 3.21. The third-order valence-corrected chi connectivity index (χ3v) is 3.08. The maximum absolute atomic E-state index is 11.1. The van der Waals surface area contributed by atoms with E-state index in [4.69, 9.17) is 0 Å². The highest BCUT2D eigenvalue weighted by Gasteiger charge is 2.36. The van der Waals surface area contributed by atoms with Gasteiger partial charge in [0.2, 0.25) is 5.12 Å². The first kappa shape index (κ1) is 11.1. The maximum Gasteiger partial charge on any atom is 0.216 e. The van der Waals surface area contributed by atoms with Crippen LogP contribution in [0.4, 0.5) is 0 Å². The van der Waals surface area contributed by atoms with E-state index in [0.29, 0.717) is 0 Å². The van der Waals surface area contributed by atoms with Crippen LogP contribution in [0.2, 0.25) is 0 Å². The first-order valence-corrected chi connectivity index (χ1v) is 5.26. The molecule has 14 heavy (non-hydrogen) atoms. The van der Waals surface area contributed by atoms with Crippen molar-refractivity contribution < 1.29 is 9.90 Å². The summed E-state index contributed by atoms with van der Waals surface area (Å²) in [5.41, 5.74) is 1.04. The molecule has 0 aromatic heterocycles. The molecule has 0 aromatic rings. The number of carbonyl (C=O) groups is 1. The van der Waals surface area contributed by atoms with Gasteiger partial charge in [0.05, 0.1) is 4.75 Å². The van der Waals surface area contributed by atoms with Gasteiger partial charge in [-0.1, -0.05) is 35.6 Å². The van der Waals surface area contributed by atoms with Crippen LogP contribution in [0.15, 0.2) is 35.6 Å². The normalized spacial score (nSPS) is 28.6. The monoisotopic (exact) mass is 210 g/mol. The fourth-order valence-electron chi connectivity index (χ4n) is 1.39. The molecule has 0 saturated carbocycles. The Labute approximate surface area is 88.4 Å². The largest absolute Gasteiger partial charge is 0.510 e. The van der Waals surface area contributed by atoms with Crippen LogP contribution in [-0.4, -0.2) is 15.0 Å². The molecule has 1 heterocycles. The van der Waals surface area contributed by atoms with Crippen LogP contribution in [0.25, 0.3) is 0 Å². The minimum atomic E-state index is -0.583. The van der Waals surface area contributed by atoms with Crippen molar-refractivity contribution in [3.63, 3.8) is 0 Å². The molecule has 1 atom stereocenters. The fourth-order valence-corrected chi connectivity index (χ4v) is 2.39. The molecule has 76 valence electrons. The van der Waals surface area contributed by atoms with E-state index in [2.05, 4.69) is 0 Å². The topological polar surface area (TPSA) is 37.3 Å². The van der Waals surface area contributed by atoms with Gasteiger partial charge in [-0.3, -0.25) is 4.79 Å². The molecule has 3 heteroatoms. The Balaban J connectivity index is 2.94. The van der Waals surface area contributed by atoms with Crippen molar-refractivity contribution in [3.8, 4) is 0 Å². The number of thioether (sulfide) groups is 1. The van der Waals surface area contributed by atoms with E-state index in [0.717, 1.165) is 17.3 Å². The molecule has 0 bridgehead atoms. The molecule has 0 saturated heterocycles. The van der Waals surface area contributed by atoms with Crippen molar-refractivity contribution in [1.29, 1.82) is 0 Å².